The van der Waals surface area contributed by atoms with E-state index < -0.39 is 32.0 Å². The first kappa shape index (κ1) is 1.84. The van der Waals surface area contributed by atoms with Crippen molar-refractivity contribution in [3.05, 3.63) is 12.2 Å². The van der Waals surface area contributed by atoms with Crippen molar-refractivity contribution in [2.45, 2.75) is 32.0 Å². The zero-order chi connectivity index (χ0) is 14.0. The molecule has 0 saturated carbocycles. The summed E-state index contributed by atoms with van der Waals surface area (Å²) in [5.74, 6) is -0.116. The Morgan fingerprint density at radius 3 is 3.50 bits per heavy atom. The topological polar surface area (TPSA) is 30.7 Å². The van der Waals surface area contributed by atoms with Gasteiger partial charge in [-0.1, -0.05) is 6.37 Å². The lowest BCUT2D eigenvalue weighted by Gasteiger charge is -1.97. The van der Waals surface area contributed by atoms with Gasteiger partial charge in [0.2, 0.25) is 0 Å². The van der Waals surface area contributed by atoms with Gasteiger partial charge >= 0.3 is 0 Å². The van der Waals surface area contributed by atoms with Gasteiger partial charge in [0.25, 0.3) is 0 Å². The molecule has 0 aliphatic carbocycles. The zero-order valence-corrected chi connectivity index (χ0v) is 5.13. The zero-order valence-electron chi connectivity index (χ0n) is 13.1. The molecule has 0 bridgehead atoms. The van der Waals surface area contributed by atoms with Crippen LogP contribution in [0.4, 0.5) is 0 Å². The largest absolute Gasteiger partial charge is 0.318 e. The molecule has 0 radical (unpaired) electrons. The number of aromatic nitrogens is 3. The van der Waals surface area contributed by atoms with Crippen molar-refractivity contribution < 1.29 is 11.0 Å². The predicted octanol–water partition coefficient (Wildman–Crippen LogP) is 1.00. The van der Waals surface area contributed by atoms with Gasteiger partial charge in [-0.05, 0) is 12.7 Å². The molecule has 1 aromatic rings. The fraction of sp³-hybridized carbons (Fsp3) is 0.714. The van der Waals surface area contributed by atoms with Crippen LogP contribution < -0.4 is 0 Å². The minimum atomic E-state index is -3.07. The van der Waals surface area contributed by atoms with Gasteiger partial charge in [0.1, 0.15) is 12.2 Å². The summed E-state index contributed by atoms with van der Waals surface area (Å²) in [7, 11) is 0. The lowest BCUT2D eigenvalue weighted by Crippen LogP contribution is -1.98. The molecule has 0 saturated heterocycles. The predicted molar refractivity (Wildman–Crippen MR) is 37.6 cm³/mol. The van der Waals surface area contributed by atoms with Crippen LogP contribution >= 0.6 is 0 Å². The third kappa shape index (κ3) is 0.916. The Morgan fingerprint density at radius 1 is 1.50 bits per heavy atom. The van der Waals surface area contributed by atoms with E-state index in [4.69, 9.17) is 11.0 Å². The average Bonchev–Trinajstić information content (AvgIpc) is 2.62. The maximum absolute atomic E-state index is 7.77. The minimum absolute atomic E-state index is 0.116. The maximum Gasteiger partial charge on any atom is 0.132 e. The highest BCUT2D eigenvalue weighted by molar-refractivity contribution is 4.87. The highest BCUT2D eigenvalue weighted by Gasteiger charge is 2.06. The van der Waals surface area contributed by atoms with Crippen LogP contribution in [0.2, 0.25) is 0 Å². The molecule has 1 aromatic heterocycles. The van der Waals surface area contributed by atoms with E-state index in [1.807, 2.05) is 0 Å². The van der Waals surface area contributed by atoms with Gasteiger partial charge in [0.15, 0.2) is 0 Å². The van der Waals surface area contributed by atoms with Crippen LogP contribution in [0.3, 0.4) is 0 Å². The van der Waals surface area contributed by atoms with Crippen LogP contribution in [-0.2, 0) is 12.9 Å². The van der Waals surface area contributed by atoms with Crippen molar-refractivity contribution in [2.24, 2.45) is 0 Å². The second kappa shape index (κ2) is 2.40. The van der Waals surface area contributed by atoms with E-state index in [2.05, 4.69) is 10.2 Å². The van der Waals surface area contributed by atoms with Gasteiger partial charge in [0, 0.05) is 23.9 Å². The first-order valence-electron chi connectivity index (χ1n) is 6.84. The molecular weight excluding hydrogens is 126 g/mol. The first-order chi connectivity index (χ1) is 7.95. The highest BCUT2D eigenvalue weighted by Crippen LogP contribution is 2.10. The third-order valence-corrected chi connectivity index (χ3v) is 1.19. The van der Waals surface area contributed by atoms with E-state index >= 15 is 0 Å². The number of hydrogen-bond donors (Lipinski definition) is 0. The van der Waals surface area contributed by atoms with Crippen LogP contribution in [-0.4, -0.2) is 14.8 Å². The SMILES string of the molecule is [2H]C1([2H])Cc2nncn2C([2H])([2H])C([2H])([2H])C1([2H])[2H]. The van der Waals surface area contributed by atoms with E-state index in [1.165, 1.54) is 0 Å². The van der Waals surface area contributed by atoms with Crippen molar-refractivity contribution in [3.63, 3.8) is 0 Å². The van der Waals surface area contributed by atoms with Gasteiger partial charge in [-0.2, -0.15) is 0 Å². The van der Waals surface area contributed by atoms with E-state index in [9.17, 15) is 0 Å². The number of nitrogens with zero attached hydrogens (tertiary/aromatic N) is 3. The Bertz CT molecular complexity index is 479. The minimum Gasteiger partial charge on any atom is -0.318 e. The monoisotopic (exact) mass is 145 g/mol. The summed E-state index contributed by atoms with van der Waals surface area (Å²) in [6.45, 7) is -2.78. The summed E-state index contributed by atoms with van der Waals surface area (Å²) >= 11 is 0. The normalized spacial score (nSPS) is 50.0. The molecule has 3 heteroatoms. The average molecular weight is 145 g/mol. The number of rotatable bonds is 0. The van der Waals surface area contributed by atoms with Gasteiger partial charge in [-0.15, -0.1) is 10.2 Å². The Hall–Kier alpha value is -0.860. The summed E-state index contributed by atoms with van der Waals surface area (Å²) in [6.07, 6.45) is -8.27. The lowest BCUT2D eigenvalue weighted by atomic mass is 10.2. The molecule has 0 spiro atoms. The number of fused-ring (bicyclic) bond motifs is 1. The van der Waals surface area contributed by atoms with Crippen molar-refractivity contribution in [3.8, 4) is 0 Å². The molecule has 0 amide bonds. The summed E-state index contributed by atoms with van der Waals surface area (Å²) in [4.78, 5) is 0. The van der Waals surface area contributed by atoms with Gasteiger partial charge in [-0.3, -0.25) is 0 Å². The van der Waals surface area contributed by atoms with Crippen molar-refractivity contribution >= 4 is 0 Å². The fourth-order valence-corrected chi connectivity index (χ4v) is 0.728. The Labute approximate surface area is 71.3 Å². The van der Waals surface area contributed by atoms with E-state index in [0.29, 0.717) is 0 Å². The first-order valence-corrected chi connectivity index (χ1v) is 2.84. The molecule has 0 aromatic carbocycles. The third-order valence-electron chi connectivity index (χ3n) is 1.19. The van der Waals surface area contributed by atoms with Crippen molar-refractivity contribution in [1.82, 2.24) is 14.8 Å². The summed E-state index contributed by atoms with van der Waals surface area (Å²) in [5, 5.41) is 6.98. The van der Waals surface area contributed by atoms with Crippen LogP contribution in [0.15, 0.2) is 6.33 Å². The summed E-state index contributed by atoms with van der Waals surface area (Å²) in [5.41, 5.74) is 0. The molecule has 0 N–H and O–H groups in total. The molecule has 3 nitrogen and oxygen atoms in total. The number of aryl methyl sites for hydroxylation is 2. The quantitative estimate of drug-likeness (QED) is 0.545. The molecule has 1 aliphatic heterocycles. The summed E-state index contributed by atoms with van der Waals surface area (Å²) in [6, 6.07) is 0. The lowest BCUT2D eigenvalue weighted by molar-refractivity contribution is 0.632. The Kier molecular flexibility index (Phi) is 0.442. The molecule has 2 rings (SSSR count). The molecule has 10 heavy (non-hydrogen) atoms. The molecule has 0 unspecified atom stereocenters. The second-order valence-electron chi connectivity index (χ2n) is 1.83. The van der Waals surface area contributed by atoms with Gasteiger partial charge < -0.3 is 4.57 Å². The maximum atomic E-state index is 7.77. The molecular formula is C7H11N3. The smallest absolute Gasteiger partial charge is 0.132 e. The van der Waals surface area contributed by atoms with Gasteiger partial charge in [-0.25, -0.2) is 0 Å². The molecule has 0 atom stereocenters. The van der Waals surface area contributed by atoms with Gasteiger partial charge in [0.05, 0.1) is 0 Å². The van der Waals surface area contributed by atoms with E-state index in [1.54, 1.807) is 0 Å². The standard InChI is InChI=1S/C7H11N3/c1-2-4-7-9-8-6-10(7)5-3-1/h6H,1-5H2/i1D2,2D2,3D2,5D2. The van der Waals surface area contributed by atoms with E-state index in [0.717, 1.165) is 10.9 Å². The Balaban J connectivity index is 2.74. The van der Waals surface area contributed by atoms with Crippen LogP contribution in [0, 0.1) is 0 Å². The second-order valence-corrected chi connectivity index (χ2v) is 1.83. The molecule has 0 fully saturated rings. The van der Waals surface area contributed by atoms with E-state index in [-0.39, 0.29) is 5.82 Å². The fourth-order valence-electron chi connectivity index (χ4n) is 0.728. The van der Waals surface area contributed by atoms with Crippen molar-refractivity contribution in [1.29, 1.82) is 0 Å². The van der Waals surface area contributed by atoms with Crippen LogP contribution in [0.25, 0.3) is 0 Å². The number of hydrogen-bond acceptors (Lipinski definition) is 2. The molecule has 54 valence electrons. The Morgan fingerprint density at radius 2 is 2.50 bits per heavy atom. The molecule has 2 heterocycles. The van der Waals surface area contributed by atoms with Crippen LogP contribution in [0.1, 0.15) is 35.9 Å². The van der Waals surface area contributed by atoms with Crippen molar-refractivity contribution in [2.75, 3.05) is 0 Å². The summed E-state index contributed by atoms with van der Waals surface area (Å²) < 4.78 is 62.4. The van der Waals surface area contributed by atoms with Crippen LogP contribution in [0.5, 0.6) is 0 Å². The highest BCUT2D eigenvalue weighted by atomic mass is 15.3. The molecule has 1 aliphatic rings.